The predicted molar refractivity (Wildman–Crippen MR) is 74.7 cm³/mol. The van der Waals surface area contributed by atoms with Gasteiger partial charge in [-0.2, -0.15) is 0 Å². The van der Waals surface area contributed by atoms with Gasteiger partial charge in [-0.3, -0.25) is 0 Å². The monoisotopic (exact) mass is 255 g/mol. The summed E-state index contributed by atoms with van der Waals surface area (Å²) in [6.07, 6.45) is 6.66. The number of aliphatic hydroxyl groups excluding tert-OH is 1. The summed E-state index contributed by atoms with van der Waals surface area (Å²) < 4.78 is 12.1. The third-order valence-corrected chi connectivity index (χ3v) is 2.75. The second kappa shape index (κ2) is 11.2. The van der Waals surface area contributed by atoms with Crippen LogP contribution in [0, 0.1) is 5.82 Å². The molecule has 0 amide bonds. The van der Waals surface area contributed by atoms with Gasteiger partial charge in [0.1, 0.15) is 5.82 Å². The third-order valence-electron chi connectivity index (χ3n) is 2.75. The molecule has 1 fully saturated rings. The third kappa shape index (κ3) is 8.20. The van der Waals surface area contributed by atoms with E-state index in [-0.39, 0.29) is 12.4 Å². The average Bonchev–Trinajstić information content (AvgIpc) is 2.43. The Hall–Kier alpha value is -0.930. The van der Waals surface area contributed by atoms with E-state index >= 15 is 0 Å². The predicted octanol–water partition coefficient (Wildman–Crippen LogP) is 3.62. The quantitative estimate of drug-likeness (QED) is 0.805. The summed E-state index contributed by atoms with van der Waals surface area (Å²) in [5.74, 6) is -0.271. The van der Waals surface area contributed by atoms with Crippen LogP contribution in [0.4, 0.5) is 4.39 Å². The highest BCUT2D eigenvalue weighted by atomic mass is 19.1. The Bertz CT molecular complexity index is 281. The minimum Gasteiger partial charge on any atom is -0.392 e. The van der Waals surface area contributed by atoms with Gasteiger partial charge in [0, 0.05) is 6.04 Å². The number of benzene rings is 1. The van der Waals surface area contributed by atoms with E-state index in [1.807, 2.05) is 13.8 Å². The summed E-state index contributed by atoms with van der Waals surface area (Å²) in [6.45, 7) is 3.97. The Morgan fingerprint density at radius 2 is 1.61 bits per heavy atom. The first-order valence-electron chi connectivity index (χ1n) is 6.83. The highest BCUT2D eigenvalue weighted by Gasteiger charge is 2.06. The van der Waals surface area contributed by atoms with Gasteiger partial charge in [0.2, 0.25) is 0 Å². The molecule has 3 N–H and O–H groups in total. The average molecular weight is 255 g/mol. The molecule has 2 rings (SSSR count). The van der Waals surface area contributed by atoms with Crippen molar-refractivity contribution in [3.8, 4) is 0 Å². The molecule has 0 heterocycles. The Morgan fingerprint density at radius 1 is 1.11 bits per heavy atom. The van der Waals surface area contributed by atoms with Crippen molar-refractivity contribution in [1.29, 1.82) is 0 Å². The number of nitrogens with two attached hydrogens (primary N) is 1. The van der Waals surface area contributed by atoms with Crippen LogP contribution in [0.5, 0.6) is 0 Å². The van der Waals surface area contributed by atoms with Crippen molar-refractivity contribution in [2.45, 2.75) is 58.6 Å². The van der Waals surface area contributed by atoms with E-state index in [1.54, 1.807) is 12.1 Å². The molecule has 104 valence electrons. The maximum Gasteiger partial charge on any atom is 0.123 e. The summed E-state index contributed by atoms with van der Waals surface area (Å²) >= 11 is 0. The molecule has 1 aliphatic carbocycles. The molecule has 3 heteroatoms. The molecule has 18 heavy (non-hydrogen) atoms. The Labute approximate surface area is 110 Å². The zero-order chi connectivity index (χ0) is 13.8. The normalized spacial score (nSPS) is 14.9. The standard InChI is InChI=1S/C7H7FO.C6H13N.C2H6/c8-7-3-1-6(5-9)2-4-7;7-6-4-2-1-3-5-6;1-2/h1-4,9H,5H2;6H,1-5,7H2;1-2H3. The van der Waals surface area contributed by atoms with Gasteiger partial charge < -0.3 is 10.8 Å². The topological polar surface area (TPSA) is 46.2 Å². The molecule has 0 atom stereocenters. The fourth-order valence-electron chi connectivity index (χ4n) is 1.72. The first-order chi connectivity index (χ1) is 8.72. The van der Waals surface area contributed by atoms with E-state index in [9.17, 15) is 4.39 Å². The lowest BCUT2D eigenvalue weighted by Gasteiger charge is -2.15. The summed E-state index contributed by atoms with van der Waals surface area (Å²) in [7, 11) is 0. The van der Waals surface area contributed by atoms with E-state index in [0.717, 1.165) is 5.56 Å². The number of rotatable bonds is 1. The van der Waals surface area contributed by atoms with Crippen molar-refractivity contribution in [2.24, 2.45) is 5.73 Å². The molecule has 0 radical (unpaired) electrons. The van der Waals surface area contributed by atoms with Crippen molar-refractivity contribution >= 4 is 0 Å². The SMILES string of the molecule is CC.NC1CCCCC1.OCc1ccc(F)cc1. The van der Waals surface area contributed by atoms with Crippen molar-refractivity contribution in [2.75, 3.05) is 0 Å². The molecule has 1 aromatic rings. The number of aliphatic hydroxyl groups is 1. The summed E-state index contributed by atoms with van der Waals surface area (Å²) in [5.41, 5.74) is 6.37. The molecule has 1 saturated carbocycles. The smallest absolute Gasteiger partial charge is 0.123 e. The zero-order valence-corrected chi connectivity index (χ0v) is 11.5. The van der Waals surface area contributed by atoms with Crippen LogP contribution in [0.25, 0.3) is 0 Å². The van der Waals surface area contributed by atoms with Crippen molar-refractivity contribution in [3.05, 3.63) is 35.6 Å². The molecule has 2 nitrogen and oxygen atoms in total. The lowest BCUT2D eigenvalue weighted by Crippen LogP contribution is -2.22. The molecule has 0 unspecified atom stereocenters. The van der Waals surface area contributed by atoms with Gasteiger partial charge in [-0.05, 0) is 30.5 Å². The molecule has 0 bridgehead atoms. The summed E-state index contributed by atoms with van der Waals surface area (Å²) in [4.78, 5) is 0. The molecule has 0 saturated heterocycles. The van der Waals surface area contributed by atoms with E-state index in [0.29, 0.717) is 6.04 Å². The highest BCUT2D eigenvalue weighted by molar-refractivity contribution is 5.14. The second-order valence-corrected chi connectivity index (χ2v) is 4.18. The maximum atomic E-state index is 12.1. The largest absolute Gasteiger partial charge is 0.392 e. The summed E-state index contributed by atoms with van der Waals surface area (Å²) in [6, 6.07) is 6.29. The Kier molecular flexibility index (Phi) is 10.6. The van der Waals surface area contributed by atoms with Crippen LogP contribution in [0.1, 0.15) is 51.5 Å². The van der Waals surface area contributed by atoms with Gasteiger partial charge in [-0.25, -0.2) is 4.39 Å². The van der Waals surface area contributed by atoms with Crippen LogP contribution < -0.4 is 5.73 Å². The molecule has 0 aliphatic heterocycles. The first-order valence-corrected chi connectivity index (χ1v) is 6.83. The van der Waals surface area contributed by atoms with E-state index < -0.39 is 0 Å². The van der Waals surface area contributed by atoms with Gasteiger partial charge in [0.15, 0.2) is 0 Å². The molecule has 0 aromatic heterocycles. The van der Waals surface area contributed by atoms with Crippen LogP contribution in [-0.4, -0.2) is 11.1 Å². The van der Waals surface area contributed by atoms with E-state index in [2.05, 4.69) is 0 Å². The van der Waals surface area contributed by atoms with Crippen LogP contribution >= 0.6 is 0 Å². The number of hydrogen-bond acceptors (Lipinski definition) is 2. The molecular formula is C15H26FNO. The van der Waals surface area contributed by atoms with Crippen LogP contribution in [-0.2, 0) is 6.61 Å². The van der Waals surface area contributed by atoms with Gasteiger partial charge in [-0.15, -0.1) is 0 Å². The minimum atomic E-state index is -0.271. The zero-order valence-electron chi connectivity index (χ0n) is 11.5. The molecule has 1 aromatic carbocycles. The maximum absolute atomic E-state index is 12.1. The van der Waals surface area contributed by atoms with Crippen molar-refractivity contribution in [3.63, 3.8) is 0 Å². The molecular weight excluding hydrogens is 229 g/mol. The van der Waals surface area contributed by atoms with Crippen LogP contribution in [0.3, 0.4) is 0 Å². The fourth-order valence-corrected chi connectivity index (χ4v) is 1.72. The van der Waals surface area contributed by atoms with Gasteiger partial charge in [0.05, 0.1) is 6.61 Å². The molecule has 0 spiro atoms. The van der Waals surface area contributed by atoms with Crippen molar-refractivity contribution < 1.29 is 9.50 Å². The summed E-state index contributed by atoms with van der Waals surface area (Å²) in [5, 5.41) is 8.51. The minimum absolute atomic E-state index is 0.0275. The van der Waals surface area contributed by atoms with Crippen LogP contribution in [0.2, 0.25) is 0 Å². The lowest BCUT2D eigenvalue weighted by atomic mass is 9.97. The number of halogens is 1. The first kappa shape index (κ1) is 17.1. The number of hydrogen-bond donors (Lipinski definition) is 2. The molecule has 1 aliphatic rings. The van der Waals surface area contributed by atoms with E-state index in [1.165, 1.54) is 44.2 Å². The highest BCUT2D eigenvalue weighted by Crippen LogP contribution is 2.14. The second-order valence-electron chi connectivity index (χ2n) is 4.18. The van der Waals surface area contributed by atoms with Gasteiger partial charge >= 0.3 is 0 Å². The van der Waals surface area contributed by atoms with Crippen LogP contribution in [0.15, 0.2) is 24.3 Å². The van der Waals surface area contributed by atoms with Gasteiger partial charge in [0.25, 0.3) is 0 Å². The lowest BCUT2D eigenvalue weighted by molar-refractivity contribution is 0.281. The van der Waals surface area contributed by atoms with E-state index in [4.69, 9.17) is 10.8 Å². The van der Waals surface area contributed by atoms with Crippen molar-refractivity contribution in [1.82, 2.24) is 0 Å². The Morgan fingerprint density at radius 3 is 1.94 bits per heavy atom. The van der Waals surface area contributed by atoms with Gasteiger partial charge in [-0.1, -0.05) is 45.2 Å². The Balaban J connectivity index is 0.000000289. The fraction of sp³-hybridized carbons (Fsp3) is 0.600.